The molecule has 0 aliphatic rings. The van der Waals surface area contributed by atoms with Gasteiger partial charge in [-0.25, -0.2) is 0 Å². The molecule has 0 spiro atoms. The fourth-order valence-corrected chi connectivity index (χ4v) is 2.62. The first-order chi connectivity index (χ1) is 10.2. The average Bonchev–Trinajstić information content (AvgIpc) is 2.58. The van der Waals surface area contributed by atoms with E-state index < -0.39 is 5.41 Å². The van der Waals surface area contributed by atoms with Crippen LogP contribution in [0.3, 0.4) is 0 Å². The van der Waals surface area contributed by atoms with E-state index in [4.69, 9.17) is 27.9 Å². The quantitative estimate of drug-likeness (QED) is 0.557. The number of carbonyl (C=O) groups is 1. The topological polar surface area (TPSA) is 26.3 Å². The van der Waals surface area contributed by atoms with Crippen LogP contribution in [0.15, 0.2) is 60.7 Å². The summed E-state index contributed by atoms with van der Waals surface area (Å²) in [6, 6.07) is 18.3. The monoisotopic (exact) mass is 322 g/mol. The standard InChI is InChI=1S/C17H16Cl2O2/c18-11-17(12-19,13-21-15-9-5-2-6-10-15)16(20)14-7-3-1-4-8-14/h1-10H,11-13H2. The fraction of sp³-hybridized carbons (Fsp3) is 0.235. The Morgan fingerprint density at radius 1 is 0.905 bits per heavy atom. The molecule has 21 heavy (non-hydrogen) atoms. The van der Waals surface area contributed by atoms with E-state index >= 15 is 0 Å². The lowest BCUT2D eigenvalue weighted by molar-refractivity contribution is 0.0764. The molecular formula is C17H16Cl2O2. The first-order valence-corrected chi connectivity index (χ1v) is 7.68. The minimum atomic E-state index is -0.930. The minimum absolute atomic E-state index is 0.0935. The Kier molecular flexibility index (Phi) is 5.66. The van der Waals surface area contributed by atoms with Gasteiger partial charge in [-0.15, -0.1) is 23.2 Å². The molecule has 0 aromatic heterocycles. The Morgan fingerprint density at radius 2 is 1.43 bits per heavy atom. The molecule has 2 nitrogen and oxygen atoms in total. The summed E-state index contributed by atoms with van der Waals surface area (Å²) in [7, 11) is 0. The summed E-state index contributed by atoms with van der Waals surface area (Å²) in [5.41, 5.74) is -0.337. The number of hydrogen-bond acceptors (Lipinski definition) is 2. The van der Waals surface area contributed by atoms with Crippen molar-refractivity contribution in [1.29, 1.82) is 0 Å². The van der Waals surface area contributed by atoms with E-state index in [1.165, 1.54) is 0 Å². The van der Waals surface area contributed by atoms with Gasteiger partial charge in [-0.05, 0) is 12.1 Å². The molecule has 0 saturated heterocycles. The highest BCUT2D eigenvalue weighted by atomic mass is 35.5. The van der Waals surface area contributed by atoms with Gasteiger partial charge in [0, 0.05) is 17.3 Å². The molecular weight excluding hydrogens is 307 g/mol. The van der Waals surface area contributed by atoms with Crippen molar-refractivity contribution >= 4 is 29.0 Å². The fourth-order valence-electron chi connectivity index (χ4n) is 1.93. The van der Waals surface area contributed by atoms with Gasteiger partial charge in [-0.3, -0.25) is 4.79 Å². The lowest BCUT2D eigenvalue weighted by Crippen LogP contribution is -2.41. The maximum atomic E-state index is 12.7. The Morgan fingerprint density at radius 3 is 1.95 bits per heavy atom. The number of alkyl halides is 2. The lowest BCUT2D eigenvalue weighted by atomic mass is 9.84. The molecule has 0 bridgehead atoms. The number of ether oxygens (including phenoxy) is 1. The second-order valence-electron chi connectivity index (χ2n) is 4.84. The normalized spacial score (nSPS) is 11.1. The first kappa shape index (κ1) is 15.9. The van der Waals surface area contributed by atoms with Crippen LogP contribution >= 0.6 is 23.2 Å². The Balaban J connectivity index is 2.18. The number of Topliss-reactive ketones (excluding diaryl/α,β-unsaturated/α-hetero) is 1. The molecule has 2 aromatic carbocycles. The molecule has 0 radical (unpaired) electrons. The molecule has 2 rings (SSSR count). The Hall–Kier alpha value is -1.51. The average molecular weight is 323 g/mol. The summed E-state index contributed by atoms with van der Waals surface area (Å²) in [6.07, 6.45) is 0. The molecule has 0 N–H and O–H groups in total. The molecule has 110 valence electrons. The molecule has 0 saturated carbocycles. The van der Waals surface area contributed by atoms with Crippen LogP contribution in [0.2, 0.25) is 0 Å². The van der Waals surface area contributed by atoms with Crippen LogP contribution in [-0.2, 0) is 0 Å². The van der Waals surface area contributed by atoms with Gasteiger partial charge in [0.2, 0.25) is 0 Å². The van der Waals surface area contributed by atoms with Crippen LogP contribution in [0.25, 0.3) is 0 Å². The highest BCUT2D eigenvalue weighted by Gasteiger charge is 2.38. The number of hydrogen-bond donors (Lipinski definition) is 0. The predicted octanol–water partition coefficient (Wildman–Crippen LogP) is 4.41. The maximum Gasteiger partial charge on any atom is 0.174 e. The number of benzene rings is 2. The zero-order chi connectivity index (χ0) is 15.1. The Labute approximate surface area is 134 Å². The van der Waals surface area contributed by atoms with Crippen LogP contribution in [0.4, 0.5) is 0 Å². The van der Waals surface area contributed by atoms with Gasteiger partial charge in [-0.2, -0.15) is 0 Å². The predicted molar refractivity (Wildman–Crippen MR) is 86.6 cm³/mol. The number of ketones is 1. The second-order valence-corrected chi connectivity index (χ2v) is 5.38. The van der Waals surface area contributed by atoms with Gasteiger partial charge in [0.1, 0.15) is 12.4 Å². The molecule has 0 amide bonds. The van der Waals surface area contributed by atoms with Crippen molar-refractivity contribution in [3.05, 3.63) is 66.2 Å². The van der Waals surface area contributed by atoms with Crippen molar-refractivity contribution in [3.8, 4) is 5.75 Å². The molecule has 0 heterocycles. The van der Waals surface area contributed by atoms with Gasteiger partial charge in [0.05, 0.1) is 5.41 Å². The highest BCUT2D eigenvalue weighted by Crippen LogP contribution is 2.28. The van der Waals surface area contributed by atoms with E-state index in [1.807, 2.05) is 48.5 Å². The zero-order valence-corrected chi connectivity index (χ0v) is 13.0. The molecule has 4 heteroatoms. The SMILES string of the molecule is O=C(c1ccccc1)C(CCl)(CCl)COc1ccccc1. The van der Waals surface area contributed by atoms with E-state index in [-0.39, 0.29) is 24.2 Å². The van der Waals surface area contributed by atoms with Crippen LogP contribution in [0.1, 0.15) is 10.4 Å². The summed E-state index contributed by atoms with van der Waals surface area (Å²) in [4.78, 5) is 12.7. The molecule has 0 fully saturated rings. The van der Waals surface area contributed by atoms with Crippen molar-refractivity contribution in [2.24, 2.45) is 5.41 Å². The van der Waals surface area contributed by atoms with Crippen LogP contribution in [0.5, 0.6) is 5.75 Å². The van der Waals surface area contributed by atoms with Crippen LogP contribution < -0.4 is 4.74 Å². The number of halogens is 2. The minimum Gasteiger partial charge on any atom is -0.492 e. The summed E-state index contributed by atoms with van der Waals surface area (Å²) in [5, 5.41) is 0. The third-order valence-corrected chi connectivity index (χ3v) is 4.31. The molecule has 0 aliphatic carbocycles. The molecule has 2 aromatic rings. The Bertz CT molecular complexity index is 566. The maximum absolute atomic E-state index is 12.7. The molecule has 0 unspecified atom stereocenters. The summed E-state index contributed by atoms with van der Waals surface area (Å²) >= 11 is 12.1. The van der Waals surface area contributed by atoms with Crippen molar-refractivity contribution in [2.75, 3.05) is 18.4 Å². The van der Waals surface area contributed by atoms with E-state index in [1.54, 1.807) is 12.1 Å². The summed E-state index contributed by atoms with van der Waals surface area (Å²) in [5.74, 6) is 0.815. The molecule has 0 atom stereocenters. The van der Waals surface area contributed by atoms with Crippen molar-refractivity contribution < 1.29 is 9.53 Å². The van der Waals surface area contributed by atoms with Crippen molar-refractivity contribution in [1.82, 2.24) is 0 Å². The van der Waals surface area contributed by atoms with E-state index in [0.29, 0.717) is 11.3 Å². The zero-order valence-electron chi connectivity index (χ0n) is 11.5. The molecule has 0 aliphatic heterocycles. The van der Waals surface area contributed by atoms with Gasteiger partial charge in [0.15, 0.2) is 5.78 Å². The first-order valence-electron chi connectivity index (χ1n) is 6.61. The van der Waals surface area contributed by atoms with Crippen LogP contribution in [0, 0.1) is 5.41 Å². The van der Waals surface area contributed by atoms with Gasteiger partial charge in [-0.1, -0.05) is 48.5 Å². The number of carbonyl (C=O) groups excluding carboxylic acids is 1. The number of rotatable bonds is 7. The van der Waals surface area contributed by atoms with Crippen molar-refractivity contribution in [2.45, 2.75) is 0 Å². The lowest BCUT2D eigenvalue weighted by Gasteiger charge is -2.28. The summed E-state index contributed by atoms with van der Waals surface area (Å²) < 4.78 is 5.71. The number of para-hydroxylation sites is 1. The third kappa shape index (κ3) is 3.78. The van der Waals surface area contributed by atoms with E-state index in [2.05, 4.69) is 0 Å². The van der Waals surface area contributed by atoms with E-state index in [9.17, 15) is 4.79 Å². The smallest absolute Gasteiger partial charge is 0.174 e. The van der Waals surface area contributed by atoms with Crippen molar-refractivity contribution in [3.63, 3.8) is 0 Å². The second kappa shape index (κ2) is 7.48. The van der Waals surface area contributed by atoms with Gasteiger partial charge >= 0.3 is 0 Å². The van der Waals surface area contributed by atoms with E-state index in [0.717, 1.165) is 0 Å². The van der Waals surface area contributed by atoms with Crippen LogP contribution in [-0.4, -0.2) is 24.2 Å². The van der Waals surface area contributed by atoms with Gasteiger partial charge in [0.25, 0.3) is 0 Å². The largest absolute Gasteiger partial charge is 0.492 e. The van der Waals surface area contributed by atoms with Gasteiger partial charge < -0.3 is 4.74 Å². The third-order valence-electron chi connectivity index (χ3n) is 3.29. The summed E-state index contributed by atoms with van der Waals surface area (Å²) in [6.45, 7) is 0.151. The highest BCUT2D eigenvalue weighted by molar-refractivity contribution is 6.25.